The second kappa shape index (κ2) is 13.2. The van der Waals surface area contributed by atoms with Gasteiger partial charge in [-0.15, -0.1) is 0 Å². The number of amides is 2. The molecule has 0 radical (unpaired) electrons. The lowest BCUT2D eigenvalue weighted by Crippen LogP contribution is -2.34. The molecule has 236 valence electrons. The van der Waals surface area contributed by atoms with E-state index < -0.39 is 19.7 Å². The number of aryl methyl sites for hydroxylation is 1. The number of aromatic carboxylic acids is 1. The zero-order valence-corrected chi connectivity index (χ0v) is 24.8. The summed E-state index contributed by atoms with van der Waals surface area (Å²) in [5, 5.41) is 25.8. The van der Waals surface area contributed by atoms with Gasteiger partial charge in [0.2, 0.25) is 5.91 Å². The lowest BCUT2D eigenvalue weighted by atomic mass is 9.89. The number of carbonyl (C=O) groups excluding carboxylic acids is 2. The first kappa shape index (κ1) is 31.9. The van der Waals surface area contributed by atoms with Crippen molar-refractivity contribution in [3.8, 4) is 33.9 Å². The Kier molecular flexibility index (Phi) is 9.19. The monoisotopic (exact) mass is 645 g/mol. The first-order chi connectivity index (χ1) is 21.9. The number of nitrogens with one attached hydrogen (secondary N) is 2. The zero-order chi connectivity index (χ0) is 33.0. The highest BCUT2D eigenvalue weighted by Crippen LogP contribution is 2.42. The number of carbonyl (C=O) groups is 3. The van der Waals surface area contributed by atoms with E-state index in [9.17, 15) is 38.8 Å². The summed E-state index contributed by atoms with van der Waals surface area (Å²) in [5.74, 6) is -2.04. The van der Waals surface area contributed by atoms with Crippen LogP contribution in [0.25, 0.3) is 33.4 Å². The predicted octanol–water partition coefficient (Wildman–Crippen LogP) is 3.29. The molecule has 13 nitrogen and oxygen atoms in total. The summed E-state index contributed by atoms with van der Waals surface area (Å²) >= 11 is 0. The van der Waals surface area contributed by atoms with Gasteiger partial charge in [-0.2, -0.15) is 0 Å². The number of aromatic hydroxyl groups is 1. The van der Waals surface area contributed by atoms with Gasteiger partial charge in [0, 0.05) is 53.7 Å². The van der Waals surface area contributed by atoms with Crippen LogP contribution in [0.1, 0.15) is 32.7 Å². The molecule has 1 aliphatic carbocycles. The van der Waals surface area contributed by atoms with E-state index in [-0.39, 0.29) is 70.4 Å². The molecule has 0 aromatic heterocycles. The highest BCUT2D eigenvalue weighted by molar-refractivity contribution is 7.45. The molecule has 3 aromatic carbocycles. The molecule has 1 atom stereocenters. The van der Waals surface area contributed by atoms with Gasteiger partial charge in [-0.25, -0.2) is 4.79 Å². The Bertz CT molecular complexity index is 2030. The number of rotatable bonds is 11. The summed E-state index contributed by atoms with van der Waals surface area (Å²) in [6, 6.07) is 18.3. The molecule has 0 fully saturated rings. The SMILES string of the molecule is O=C(CCc1ccc(OP(=O)([O-])O)cc1)NCCNC(=O)c1ccc(C(=O)O)c(-c2c3ccc(=O)cc-3oc3cc(O)ccc23)c1. The first-order valence-corrected chi connectivity index (χ1v) is 15.3. The fourth-order valence-electron chi connectivity index (χ4n) is 4.90. The summed E-state index contributed by atoms with van der Waals surface area (Å²) in [7, 11) is -4.91. The van der Waals surface area contributed by atoms with E-state index in [2.05, 4.69) is 15.2 Å². The Balaban J connectivity index is 1.27. The Morgan fingerprint density at radius 2 is 1.63 bits per heavy atom. The molecule has 0 saturated heterocycles. The molecule has 0 saturated carbocycles. The summed E-state index contributed by atoms with van der Waals surface area (Å²) < 4.78 is 21.0. The number of carboxylic acids is 1. The van der Waals surface area contributed by atoms with Crippen molar-refractivity contribution in [3.63, 3.8) is 0 Å². The van der Waals surface area contributed by atoms with E-state index in [0.717, 1.165) is 5.56 Å². The topological polar surface area (TPSA) is 216 Å². The average molecular weight is 646 g/mol. The number of benzene rings is 4. The second-order valence-electron chi connectivity index (χ2n) is 10.2. The van der Waals surface area contributed by atoms with Gasteiger partial charge < -0.3 is 39.6 Å². The van der Waals surface area contributed by atoms with Crippen molar-refractivity contribution in [3.05, 3.63) is 106 Å². The molecule has 14 heteroatoms. The highest BCUT2D eigenvalue weighted by atomic mass is 31.2. The molecule has 2 aliphatic rings. The molecule has 5 rings (SSSR count). The Morgan fingerprint density at radius 3 is 2.35 bits per heavy atom. The minimum atomic E-state index is -4.91. The van der Waals surface area contributed by atoms with Gasteiger partial charge in [0.15, 0.2) is 5.43 Å². The summed E-state index contributed by atoms with van der Waals surface area (Å²) in [5.41, 5.74) is 1.68. The van der Waals surface area contributed by atoms with Gasteiger partial charge in [-0.05, 0) is 72.1 Å². The third kappa shape index (κ3) is 7.59. The van der Waals surface area contributed by atoms with E-state index >= 15 is 0 Å². The highest BCUT2D eigenvalue weighted by Gasteiger charge is 2.23. The van der Waals surface area contributed by atoms with Crippen molar-refractivity contribution in [2.45, 2.75) is 12.8 Å². The van der Waals surface area contributed by atoms with E-state index in [0.29, 0.717) is 22.9 Å². The van der Waals surface area contributed by atoms with Crippen LogP contribution in [0.15, 0.2) is 88.1 Å². The standard InChI is InChI=1S/C32H27N2O11P/c35-20-5-10-24-27(16-20)44-28-17-21(36)6-11-25(28)30(24)26-15-19(4-9-23(26)32(39)40)31(38)34-14-13-33-29(37)12-3-18-1-7-22(8-2-18)45-46(41,42)43/h1-2,4-11,15-17,35H,3,12-14H2,(H,33,37)(H,34,38)(H,39,40)(H2,41,42,43)/p-1. The van der Waals surface area contributed by atoms with Gasteiger partial charge in [-0.1, -0.05) is 12.1 Å². The van der Waals surface area contributed by atoms with E-state index in [4.69, 9.17) is 9.31 Å². The molecule has 1 heterocycles. The maximum Gasteiger partial charge on any atom is 0.336 e. The number of hydrogen-bond acceptors (Lipinski definition) is 9. The van der Waals surface area contributed by atoms with E-state index in [1.54, 1.807) is 18.2 Å². The lowest BCUT2D eigenvalue weighted by molar-refractivity contribution is -0.211. The smallest absolute Gasteiger partial charge is 0.336 e. The molecule has 0 spiro atoms. The number of fused-ring (bicyclic) bond motifs is 2. The third-order valence-electron chi connectivity index (χ3n) is 6.98. The molecular formula is C32H26N2O11P-. The molecule has 1 aliphatic heterocycles. The van der Waals surface area contributed by atoms with Gasteiger partial charge in [0.1, 0.15) is 22.8 Å². The normalized spacial score (nSPS) is 12.4. The number of phosphoric ester groups is 1. The van der Waals surface area contributed by atoms with Crippen LogP contribution >= 0.6 is 7.82 Å². The number of phosphoric acid groups is 1. The van der Waals surface area contributed by atoms with Crippen molar-refractivity contribution < 1.29 is 47.9 Å². The van der Waals surface area contributed by atoms with Gasteiger partial charge >= 0.3 is 13.8 Å². The van der Waals surface area contributed by atoms with Crippen LogP contribution in [0.3, 0.4) is 0 Å². The van der Waals surface area contributed by atoms with E-state index in [1.807, 2.05) is 0 Å². The maximum absolute atomic E-state index is 13.1. The van der Waals surface area contributed by atoms with Crippen molar-refractivity contribution in [2.75, 3.05) is 13.1 Å². The van der Waals surface area contributed by atoms with E-state index in [1.165, 1.54) is 60.7 Å². The van der Waals surface area contributed by atoms with Crippen LogP contribution in [0.4, 0.5) is 0 Å². The molecular weight excluding hydrogens is 619 g/mol. The molecule has 46 heavy (non-hydrogen) atoms. The fraction of sp³-hybridized carbons (Fsp3) is 0.125. The predicted molar refractivity (Wildman–Crippen MR) is 164 cm³/mol. The van der Waals surface area contributed by atoms with Crippen molar-refractivity contribution >= 4 is 36.6 Å². The largest absolute Gasteiger partial charge is 0.746 e. The molecule has 0 bridgehead atoms. The molecule has 1 unspecified atom stereocenters. The number of phenols is 1. The summed E-state index contributed by atoms with van der Waals surface area (Å²) in [6.45, 7) is 0.188. The second-order valence-corrected chi connectivity index (χ2v) is 11.3. The minimum absolute atomic E-state index is 0.0615. The van der Waals surface area contributed by atoms with Crippen molar-refractivity contribution in [1.82, 2.24) is 10.6 Å². The van der Waals surface area contributed by atoms with Crippen LogP contribution in [0, 0.1) is 0 Å². The molecule has 2 amide bonds. The molecule has 5 N–H and O–H groups in total. The Hall–Kier alpha value is -5.49. The third-order valence-corrected chi connectivity index (χ3v) is 7.42. The summed E-state index contributed by atoms with van der Waals surface area (Å²) in [4.78, 5) is 69.2. The van der Waals surface area contributed by atoms with Crippen LogP contribution in [0.5, 0.6) is 11.5 Å². The molecule has 3 aromatic rings. The Morgan fingerprint density at radius 1 is 0.891 bits per heavy atom. The average Bonchev–Trinajstić information content (AvgIpc) is 3.00. The van der Waals surface area contributed by atoms with Gasteiger partial charge in [-0.3, -0.25) is 18.9 Å². The fourth-order valence-corrected chi connectivity index (χ4v) is 5.29. The zero-order valence-electron chi connectivity index (χ0n) is 23.9. The maximum atomic E-state index is 13.1. The summed E-state index contributed by atoms with van der Waals surface area (Å²) in [6.07, 6.45) is 0.461. The lowest BCUT2D eigenvalue weighted by Gasteiger charge is -2.17. The first-order valence-electron chi connectivity index (χ1n) is 13.8. The Labute approximate surface area is 260 Å². The number of carboxylic acid groups (broad SMARTS) is 1. The van der Waals surface area contributed by atoms with Gasteiger partial charge in [0.25, 0.3) is 5.91 Å². The van der Waals surface area contributed by atoms with Crippen LogP contribution in [-0.4, -0.2) is 46.0 Å². The van der Waals surface area contributed by atoms with Gasteiger partial charge in [0.05, 0.1) is 5.56 Å². The van der Waals surface area contributed by atoms with Crippen molar-refractivity contribution in [1.29, 1.82) is 0 Å². The van der Waals surface area contributed by atoms with Crippen LogP contribution in [-0.2, 0) is 15.8 Å². The van der Waals surface area contributed by atoms with Crippen molar-refractivity contribution in [2.24, 2.45) is 0 Å². The van der Waals surface area contributed by atoms with Crippen LogP contribution < -0.4 is 25.5 Å². The number of phenolic OH excluding ortho intramolecular Hbond substituents is 1. The van der Waals surface area contributed by atoms with Crippen LogP contribution in [0.2, 0.25) is 0 Å². The number of hydrogen-bond donors (Lipinski definition) is 5. The minimum Gasteiger partial charge on any atom is -0.746 e. The quantitative estimate of drug-likeness (QED) is 0.0798.